The first kappa shape index (κ1) is 15.5. The van der Waals surface area contributed by atoms with E-state index in [2.05, 4.69) is 0 Å². The number of nitrogens with zero attached hydrogens (tertiary/aromatic N) is 1. The summed E-state index contributed by atoms with van der Waals surface area (Å²) in [5, 5.41) is 10.0. The molecule has 1 aromatic carbocycles. The number of para-hydroxylation sites is 1. The zero-order valence-electron chi connectivity index (χ0n) is 12.1. The van der Waals surface area contributed by atoms with E-state index in [1.165, 1.54) is 14.2 Å². The van der Waals surface area contributed by atoms with Crippen LogP contribution >= 0.6 is 0 Å². The first-order valence-electron chi connectivity index (χ1n) is 6.04. The number of benzene rings is 1. The van der Waals surface area contributed by atoms with Gasteiger partial charge in [-0.25, -0.2) is 0 Å². The maximum absolute atomic E-state index is 12.3. The van der Waals surface area contributed by atoms with Crippen molar-refractivity contribution in [2.24, 2.45) is 0 Å². The van der Waals surface area contributed by atoms with E-state index >= 15 is 0 Å². The number of aliphatic hydroxyl groups excluding tert-OH is 1. The number of ether oxygens (including phenoxy) is 2. The number of quaternary nitrogens is 1. The smallest absolute Gasteiger partial charge is 0.200 e. The molecule has 5 nitrogen and oxygen atoms in total. The van der Waals surface area contributed by atoms with Gasteiger partial charge >= 0.3 is 0 Å². The molecule has 0 saturated carbocycles. The van der Waals surface area contributed by atoms with Gasteiger partial charge in [-0.05, 0) is 12.1 Å². The Labute approximate surface area is 114 Å². The van der Waals surface area contributed by atoms with Crippen molar-refractivity contribution in [3.8, 4) is 11.5 Å². The number of rotatable bonds is 6. The highest BCUT2D eigenvalue weighted by Gasteiger charge is 2.27. The molecule has 0 aliphatic heterocycles. The summed E-state index contributed by atoms with van der Waals surface area (Å²) >= 11 is 0. The van der Waals surface area contributed by atoms with Crippen molar-refractivity contribution in [2.45, 2.75) is 6.10 Å². The quantitative estimate of drug-likeness (QED) is 0.616. The molecule has 0 fully saturated rings. The van der Waals surface area contributed by atoms with Crippen LogP contribution < -0.4 is 9.47 Å². The van der Waals surface area contributed by atoms with E-state index in [1.54, 1.807) is 18.2 Å². The third-order valence-electron chi connectivity index (χ3n) is 2.69. The Morgan fingerprint density at radius 1 is 1.26 bits per heavy atom. The summed E-state index contributed by atoms with van der Waals surface area (Å²) in [6, 6.07) is 5.04. The predicted octanol–water partition coefficient (Wildman–Crippen LogP) is 0.954. The molecule has 5 heteroatoms. The fourth-order valence-corrected chi connectivity index (χ4v) is 1.86. The van der Waals surface area contributed by atoms with E-state index in [0.717, 1.165) is 0 Å². The van der Waals surface area contributed by atoms with E-state index < -0.39 is 6.10 Å². The minimum Gasteiger partial charge on any atom is -0.493 e. The lowest BCUT2D eigenvalue weighted by Crippen LogP contribution is -2.44. The van der Waals surface area contributed by atoms with Crippen molar-refractivity contribution in [3.05, 3.63) is 23.8 Å². The summed E-state index contributed by atoms with van der Waals surface area (Å²) in [6.45, 7) is 0.333. The van der Waals surface area contributed by atoms with Gasteiger partial charge in [-0.2, -0.15) is 0 Å². The molecule has 0 aliphatic carbocycles. The Morgan fingerprint density at radius 2 is 1.89 bits per heavy atom. The summed E-state index contributed by atoms with van der Waals surface area (Å²) < 4.78 is 10.9. The maximum Gasteiger partial charge on any atom is 0.200 e. The number of aliphatic hydroxyl groups is 1. The molecule has 106 valence electrons. The summed E-state index contributed by atoms with van der Waals surface area (Å²) in [7, 11) is 8.73. The minimum absolute atomic E-state index is 0.333. The molecule has 1 rings (SSSR count). The number of Topliss-reactive ketones (excluding diaryl/α,β-unsaturated/α-hetero) is 1. The number of likely N-dealkylation sites (N-methyl/N-ethyl adjacent to an activating group) is 1. The van der Waals surface area contributed by atoms with Gasteiger partial charge in [-0.3, -0.25) is 4.79 Å². The van der Waals surface area contributed by atoms with Gasteiger partial charge in [-0.15, -0.1) is 0 Å². The number of methoxy groups -OCH3 is 2. The lowest BCUT2D eigenvalue weighted by Gasteiger charge is -2.26. The zero-order valence-corrected chi connectivity index (χ0v) is 12.1. The Hall–Kier alpha value is -1.59. The molecule has 0 spiro atoms. The number of carbonyl (C=O) groups is 1. The second-order valence-corrected chi connectivity index (χ2v) is 5.39. The van der Waals surface area contributed by atoms with Gasteiger partial charge in [0.05, 0.1) is 40.9 Å². The van der Waals surface area contributed by atoms with Gasteiger partial charge in [0.15, 0.2) is 17.6 Å². The van der Waals surface area contributed by atoms with Crippen LogP contribution in [0.25, 0.3) is 0 Å². The van der Waals surface area contributed by atoms with Crippen LogP contribution in [-0.2, 0) is 0 Å². The Bertz CT molecular complexity index is 451. The molecule has 1 N–H and O–H groups in total. The van der Waals surface area contributed by atoms with Crippen LogP contribution in [0.4, 0.5) is 0 Å². The molecule has 0 bridgehead atoms. The first-order valence-corrected chi connectivity index (χ1v) is 6.04. The summed E-state index contributed by atoms with van der Waals surface area (Å²) in [5.41, 5.74) is 0.336. The monoisotopic (exact) mass is 268 g/mol. The molecular weight excluding hydrogens is 246 g/mol. The van der Waals surface area contributed by atoms with Crippen LogP contribution in [-0.4, -0.2) is 63.4 Å². The van der Waals surface area contributed by atoms with Crippen LogP contribution in [0.3, 0.4) is 0 Å². The minimum atomic E-state index is -1.07. The SMILES string of the molecule is COc1cccc(C(=O)C(O)C[N+](C)(C)C)c1OC. The number of hydrogen-bond donors (Lipinski definition) is 1. The highest BCUT2D eigenvalue weighted by atomic mass is 16.5. The normalized spacial score (nSPS) is 12.9. The van der Waals surface area contributed by atoms with Gasteiger partial charge < -0.3 is 19.1 Å². The summed E-state index contributed by atoms with van der Waals surface area (Å²) in [4.78, 5) is 12.3. The van der Waals surface area contributed by atoms with E-state index in [0.29, 0.717) is 28.1 Å². The molecule has 1 unspecified atom stereocenters. The Kier molecular flexibility index (Phi) is 4.91. The highest BCUT2D eigenvalue weighted by molar-refractivity contribution is 6.02. The Morgan fingerprint density at radius 3 is 2.37 bits per heavy atom. The first-order chi connectivity index (χ1) is 8.80. The van der Waals surface area contributed by atoms with Crippen LogP contribution in [0.1, 0.15) is 10.4 Å². The number of ketones is 1. The lowest BCUT2D eigenvalue weighted by atomic mass is 10.0. The predicted molar refractivity (Wildman–Crippen MR) is 72.8 cm³/mol. The Balaban J connectivity index is 3.06. The molecule has 0 amide bonds. The van der Waals surface area contributed by atoms with Gasteiger partial charge in [0.25, 0.3) is 0 Å². The van der Waals surface area contributed by atoms with Crippen molar-refractivity contribution in [1.82, 2.24) is 0 Å². The van der Waals surface area contributed by atoms with Crippen molar-refractivity contribution in [3.63, 3.8) is 0 Å². The molecule has 0 radical (unpaired) electrons. The maximum atomic E-state index is 12.3. The topological polar surface area (TPSA) is 55.8 Å². The second kappa shape index (κ2) is 6.04. The van der Waals surface area contributed by atoms with E-state index in [-0.39, 0.29) is 5.78 Å². The van der Waals surface area contributed by atoms with Crippen LogP contribution in [0.5, 0.6) is 11.5 Å². The fraction of sp³-hybridized carbons (Fsp3) is 0.500. The third-order valence-corrected chi connectivity index (χ3v) is 2.69. The van der Waals surface area contributed by atoms with Crippen molar-refractivity contribution in [2.75, 3.05) is 41.9 Å². The van der Waals surface area contributed by atoms with Gasteiger partial charge in [-0.1, -0.05) is 6.07 Å². The largest absolute Gasteiger partial charge is 0.493 e. The summed E-state index contributed by atoms with van der Waals surface area (Å²) in [5.74, 6) is 0.477. The molecule has 1 atom stereocenters. The van der Waals surface area contributed by atoms with Gasteiger partial charge in [0, 0.05) is 0 Å². The molecule has 0 heterocycles. The lowest BCUT2D eigenvalue weighted by molar-refractivity contribution is -0.872. The van der Waals surface area contributed by atoms with Crippen molar-refractivity contribution >= 4 is 5.78 Å². The molecule has 0 aliphatic rings. The molecule has 19 heavy (non-hydrogen) atoms. The fourth-order valence-electron chi connectivity index (χ4n) is 1.86. The molecular formula is C14H22NO4+. The average Bonchev–Trinajstić information content (AvgIpc) is 2.34. The zero-order chi connectivity index (χ0) is 14.6. The van der Waals surface area contributed by atoms with Gasteiger partial charge in [0.1, 0.15) is 6.54 Å². The number of carbonyl (C=O) groups excluding carboxylic acids is 1. The van der Waals surface area contributed by atoms with Crippen LogP contribution in [0.15, 0.2) is 18.2 Å². The standard InChI is InChI=1S/C14H22NO4/c1-15(2,3)9-11(16)13(17)10-7-6-8-12(18-4)14(10)19-5/h6-8,11,16H,9H2,1-5H3/q+1. The highest BCUT2D eigenvalue weighted by Crippen LogP contribution is 2.31. The van der Waals surface area contributed by atoms with Crippen LogP contribution in [0, 0.1) is 0 Å². The van der Waals surface area contributed by atoms with E-state index in [1.807, 2.05) is 21.1 Å². The third kappa shape index (κ3) is 3.94. The van der Waals surface area contributed by atoms with Crippen molar-refractivity contribution in [1.29, 1.82) is 0 Å². The molecule has 1 aromatic rings. The number of hydrogen-bond acceptors (Lipinski definition) is 4. The van der Waals surface area contributed by atoms with Gasteiger partial charge in [0.2, 0.25) is 5.78 Å². The second-order valence-electron chi connectivity index (χ2n) is 5.39. The molecule has 0 aromatic heterocycles. The molecule has 0 saturated heterocycles. The van der Waals surface area contributed by atoms with E-state index in [9.17, 15) is 9.90 Å². The van der Waals surface area contributed by atoms with Crippen LogP contribution in [0.2, 0.25) is 0 Å². The average molecular weight is 268 g/mol. The van der Waals surface area contributed by atoms with Crippen molar-refractivity contribution < 1.29 is 23.9 Å². The van der Waals surface area contributed by atoms with E-state index in [4.69, 9.17) is 9.47 Å². The summed E-state index contributed by atoms with van der Waals surface area (Å²) in [6.07, 6.45) is -1.07.